The van der Waals surface area contributed by atoms with E-state index >= 15 is 0 Å². The molecule has 0 aromatic carbocycles. The molecule has 20 heavy (non-hydrogen) atoms. The van der Waals surface area contributed by atoms with Gasteiger partial charge in [-0.05, 0) is 31.8 Å². The number of hydrogen-bond donors (Lipinski definition) is 1. The van der Waals surface area contributed by atoms with Crippen molar-refractivity contribution >= 4 is 16.7 Å². The molecule has 1 aliphatic heterocycles. The highest BCUT2D eigenvalue weighted by Crippen LogP contribution is 2.23. The molecule has 5 heteroatoms. The zero-order chi connectivity index (χ0) is 14.6. The molecule has 114 valence electrons. The van der Waals surface area contributed by atoms with Crippen LogP contribution in [-0.2, 0) is 5.41 Å². The average molecular weight is 296 g/mol. The van der Waals surface area contributed by atoms with Crippen LogP contribution >= 0.6 is 11.5 Å². The summed E-state index contributed by atoms with van der Waals surface area (Å²) in [6.07, 6.45) is 4.14. The molecule has 1 atom stereocenters. The SMILES string of the molecule is CC(CNc1nc(C(C)(C)C)ns1)CN1CCCCC1. The smallest absolute Gasteiger partial charge is 0.202 e. The number of piperidine rings is 1. The van der Waals surface area contributed by atoms with Crippen LogP contribution in [0.25, 0.3) is 0 Å². The summed E-state index contributed by atoms with van der Waals surface area (Å²) in [6, 6.07) is 0. The third-order valence-electron chi connectivity index (χ3n) is 3.72. The standard InChI is InChI=1S/C15H28N4S/c1-12(11-19-8-6-5-7-9-19)10-16-14-17-13(18-20-14)15(2,3)4/h12H,5-11H2,1-4H3,(H,16,17,18). The second kappa shape index (κ2) is 6.85. The van der Waals surface area contributed by atoms with Gasteiger partial charge in [-0.2, -0.15) is 4.37 Å². The lowest BCUT2D eigenvalue weighted by molar-refractivity contribution is 0.204. The maximum Gasteiger partial charge on any atom is 0.202 e. The van der Waals surface area contributed by atoms with Crippen molar-refractivity contribution in [2.24, 2.45) is 5.92 Å². The van der Waals surface area contributed by atoms with Gasteiger partial charge in [-0.3, -0.25) is 0 Å². The van der Waals surface area contributed by atoms with Crippen LogP contribution < -0.4 is 5.32 Å². The summed E-state index contributed by atoms with van der Waals surface area (Å²) >= 11 is 1.48. The Morgan fingerprint density at radius 1 is 1.25 bits per heavy atom. The summed E-state index contributed by atoms with van der Waals surface area (Å²) in [5, 5.41) is 4.40. The number of likely N-dealkylation sites (tertiary alicyclic amines) is 1. The van der Waals surface area contributed by atoms with Gasteiger partial charge in [-0.15, -0.1) is 0 Å². The van der Waals surface area contributed by atoms with E-state index in [0.717, 1.165) is 17.5 Å². The molecular formula is C15H28N4S. The molecule has 1 fully saturated rings. The second-order valence-corrected chi connectivity index (χ2v) is 7.77. The highest BCUT2D eigenvalue weighted by atomic mass is 32.1. The molecule has 4 nitrogen and oxygen atoms in total. The van der Waals surface area contributed by atoms with Crippen LogP contribution in [0.3, 0.4) is 0 Å². The monoisotopic (exact) mass is 296 g/mol. The van der Waals surface area contributed by atoms with E-state index in [-0.39, 0.29) is 5.41 Å². The Labute approximate surface area is 127 Å². The Kier molecular flexibility index (Phi) is 5.38. The number of rotatable bonds is 5. The molecule has 1 unspecified atom stereocenters. The molecule has 1 saturated heterocycles. The van der Waals surface area contributed by atoms with Crippen molar-refractivity contribution in [1.82, 2.24) is 14.3 Å². The van der Waals surface area contributed by atoms with Gasteiger partial charge < -0.3 is 10.2 Å². The fourth-order valence-electron chi connectivity index (χ4n) is 2.51. The van der Waals surface area contributed by atoms with E-state index in [1.54, 1.807) is 0 Å². The first-order chi connectivity index (χ1) is 9.45. The molecule has 1 aliphatic rings. The van der Waals surface area contributed by atoms with Gasteiger partial charge in [-0.25, -0.2) is 4.98 Å². The van der Waals surface area contributed by atoms with Crippen molar-refractivity contribution in [3.05, 3.63) is 5.82 Å². The zero-order valence-electron chi connectivity index (χ0n) is 13.3. The minimum atomic E-state index is 0.0375. The molecule has 0 saturated carbocycles. The molecule has 0 bridgehead atoms. The third-order valence-corrected chi connectivity index (χ3v) is 4.39. The summed E-state index contributed by atoms with van der Waals surface area (Å²) < 4.78 is 4.44. The fourth-order valence-corrected chi connectivity index (χ4v) is 3.27. The van der Waals surface area contributed by atoms with Crippen molar-refractivity contribution in [2.45, 2.75) is 52.4 Å². The molecule has 1 aromatic heterocycles. The van der Waals surface area contributed by atoms with Crippen LogP contribution in [0.2, 0.25) is 0 Å². The van der Waals surface area contributed by atoms with E-state index in [2.05, 4.69) is 47.3 Å². The predicted octanol–water partition coefficient (Wildman–Crippen LogP) is 3.37. The van der Waals surface area contributed by atoms with E-state index < -0.39 is 0 Å². The van der Waals surface area contributed by atoms with E-state index in [9.17, 15) is 0 Å². The molecule has 2 heterocycles. The molecule has 1 aromatic rings. The maximum atomic E-state index is 4.58. The second-order valence-electron chi connectivity index (χ2n) is 7.02. The summed E-state index contributed by atoms with van der Waals surface area (Å²) in [5.74, 6) is 1.59. The summed E-state index contributed by atoms with van der Waals surface area (Å²) in [6.45, 7) is 13.5. The lowest BCUT2D eigenvalue weighted by Crippen LogP contribution is -2.35. The Morgan fingerprint density at radius 3 is 2.55 bits per heavy atom. The van der Waals surface area contributed by atoms with Crippen LogP contribution in [0, 0.1) is 5.92 Å². The van der Waals surface area contributed by atoms with E-state index in [1.807, 2.05) is 0 Å². The Morgan fingerprint density at radius 2 is 1.95 bits per heavy atom. The summed E-state index contributed by atoms with van der Waals surface area (Å²) in [7, 11) is 0. The summed E-state index contributed by atoms with van der Waals surface area (Å²) in [5.41, 5.74) is 0.0375. The maximum absolute atomic E-state index is 4.58. The number of anilines is 1. The van der Waals surface area contributed by atoms with Gasteiger partial charge in [0.15, 0.2) is 0 Å². The van der Waals surface area contributed by atoms with Crippen LogP contribution in [0.1, 0.15) is 52.8 Å². The van der Waals surface area contributed by atoms with Crippen molar-refractivity contribution < 1.29 is 0 Å². The Bertz CT molecular complexity index is 404. The molecule has 2 rings (SSSR count). The Balaban J connectivity index is 1.75. The normalized spacial score (nSPS) is 19.0. The lowest BCUT2D eigenvalue weighted by Gasteiger charge is -2.29. The molecule has 0 spiro atoms. The van der Waals surface area contributed by atoms with Crippen LogP contribution in [0.15, 0.2) is 0 Å². The topological polar surface area (TPSA) is 41.1 Å². The molecule has 1 N–H and O–H groups in total. The quantitative estimate of drug-likeness (QED) is 0.904. The zero-order valence-corrected chi connectivity index (χ0v) is 14.1. The molecule has 0 amide bonds. The number of hydrogen-bond acceptors (Lipinski definition) is 5. The van der Waals surface area contributed by atoms with Crippen molar-refractivity contribution in [3.8, 4) is 0 Å². The first-order valence-electron chi connectivity index (χ1n) is 7.75. The van der Waals surface area contributed by atoms with Gasteiger partial charge in [-0.1, -0.05) is 34.1 Å². The fraction of sp³-hybridized carbons (Fsp3) is 0.867. The number of nitrogens with one attached hydrogen (secondary N) is 1. The van der Waals surface area contributed by atoms with Gasteiger partial charge in [0.25, 0.3) is 0 Å². The van der Waals surface area contributed by atoms with Crippen LogP contribution in [0.4, 0.5) is 5.13 Å². The van der Waals surface area contributed by atoms with E-state index in [1.165, 1.54) is 50.4 Å². The minimum Gasteiger partial charge on any atom is -0.360 e. The average Bonchev–Trinajstić information content (AvgIpc) is 2.86. The predicted molar refractivity (Wildman–Crippen MR) is 86.6 cm³/mol. The molecule has 0 radical (unpaired) electrons. The van der Waals surface area contributed by atoms with Crippen LogP contribution in [0.5, 0.6) is 0 Å². The van der Waals surface area contributed by atoms with E-state index in [0.29, 0.717) is 5.92 Å². The van der Waals surface area contributed by atoms with E-state index in [4.69, 9.17) is 0 Å². The summed E-state index contributed by atoms with van der Waals surface area (Å²) in [4.78, 5) is 7.18. The van der Waals surface area contributed by atoms with Gasteiger partial charge >= 0.3 is 0 Å². The van der Waals surface area contributed by atoms with Crippen LogP contribution in [-0.4, -0.2) is 40.4 Å². The van der Waals surface area contributed by atoms with Crippen molar-refractivity contribution in [3.63, 3.8) is 0 Å². The first kappa shape index (κ1) is 15.7. The van der Waals surface area contributed by atoms with Crippen molar-refractivity contribution in [1.29, 1.82) is 0 Å². The minimum absolute atomic E-state index is 0.0375. The van der Waals surface area contributed by atoms with Gasteiger partial charge in [0, 0.05) is 30.0 Å². The van der Waals surface area contributed by atoms with Gasteiger partial charge in [0.05, 0.1) is 0 Å². The molecule has 0 aliphatic carbocycles. The Hall–Kier alpha value is -0.680. The highest BCUT2D eigenvalue weighted by molar-refractivity contribution is 7.09. The lowest BCUT2D eigenvalue weighted by atomic mass is 9.96. The number of nitrogens with zero attached hydrogens (tertiary/aromatic N) is 3. The van der Waals surface area contributed by atoms with Gasteiger partial charge in [0.2, 0.25) is 5.13 Å². The third kappa shape index (κ3) is 4.70. The highest BCUT2D eigenvalue weighted by Gasteiger charge is 2.20. The van der Waals surface area contributed by atoms with Gasteiger partial charge in [0.1, 0.15) is 5.82 Å². The largest absolute Gasteiger partial charge is 0.360 e. The number of aromatic nitrogens is 2. The first-order valence-corrected chi connectivity index (χ1v) is 8.53. The van der Waals surface area contributed by atoms with Crippen molar-refractivity contribution in [2.75, 3.05) is 31.5 Å². The molecular weight excluding hydrogens is 268 g/mol.